The van der Waals surface area contributed by atoms with Crippen molar-refractivity contribution in [2.45, 2.75) is 103 Å². The molecule has 3 atom stereocenters. The molecule has 0 radical (unpaired) electrons. The summed E-state index contributed by atoms with van der Waals surface area (Å²) in [7, 11) is 3.23. The summed E-state index contributed by atoms with van der Waals surface area (Å²) in [6.07, 6.45) is 10.4. The van der Waals surface area contributed by atoms with E-state index in [1.54, 1.807) is 21.1 Å². The Morgan fingerprint density at radius 3 is 2.13 bits per heavy atom. The topological polar surface area (TPSA) is 89.5 Å². The van der Waals surface area contributed by atoms with Gasteiger partial charge in [-0.3, -0.25) is 9.59 Å². The third-order valence-electron chi connectivity index (χ3n) is 8.80. The molecule has 2 aromatic carbocycles. The minimum atomic E-state index is -0.599. The highest BCUT2D eigenvalue weighted by atomic mass is 16.7. The van der Waals surface area contributed by atoms with Crippen LogP contribution in [0.2, 0.25) is 0 Å². The van der Waals surface area contributed by atoms with Crippen molar-refractivity contribution in [1.82, 2.24) is 0 Å². The summed E-state index contributed by atoms with van der Waals surface area (Å²) in [4.78, 5) is 24.7. The van der Waals surface area contributed by atoms with Crippen molar-refractivity contribution in [3.05, 3.63) is 53.6 Å². The van der Waals surface area contributed by atoms with Crippen LogP contribution in [0.5, 0.6) is 17.2 Å². The van der Waals surface area contributed by atoms with Gasteiger partial charge in [0.25, 0.3) is 0 Å². The van der Waals surface area contributed by atoms with Gasteiger partial charge in [0.2, 0.25) is 0 Å². The molecular weight excluding hydrogens is 572 g/mol. The van der Waals surface area contributed by atoms with Crippen LogP contribution in [0.25, 0.3) is 0 Å². The van der Waals surface area contributed by atoms with Crippen LogP contribution in [-0.4, -0.2) is 52.8 Å². The number of Topliss-reactive ketones (excluding diaryl/α,β-unsaturated/α-hetero) is 1. The van der Waals surface area contributed by atoms with Crippen LogP contribution in [0, 0.1) is 5.92 Å². The van der Waals surface area contributed by atoms with E-state index < -0.39 is 5.92 Å². The second-order valence-corrected chi connectivity index (χ2v) is 12.2. The molecule has 0 bridgehead atoms. The van der Waals surface area contributed by atoms with Crippen LogP contribution >= 0.6 is 0 Å². The number of fused-ring (bicyclic) bond motifs is 1. The lowest BCUT2D eigenvalue weighted by atomic mass is 9.66. The SMILES string of the molecule is CCCC(=O)C(CCCCCCCCC[C@@H]1c2ccc(OCOC)cc2OC[C@]1(C)c1ccc(OCOC)cc1)C(=O)OCC. The minimum absolute atomic E-state index is 0.0201. The van der Waals surface area contributed by atoms with Gasteiger partial charge < -0.3 is 28.4 Å². The van der Waals surface area contributed by atoms with E-state index in [4.69, 9.17) is 28.4 Å². The first-order valence-electron chi connectivity index (χ1n) is 16.7. The van der Waals surface area contributed by atoms with Crippen molar-refractivity contribution in [1.29, 1.82) is 0 Å². The Labute approximate surface area is 270 Å². The molecule has 1 heterocycles. The summed E-state index contributed by atoms with van der Waals surface area (Å²) in [5.41, 5.74) is 2.23. The Morgan fingerprint density at radius 2 is 1.49 bits per heavy atom. The maximum atomic E-state index is 12.4. The van der Waals surface area contributed by atoms with Crippen LogP contribution in [0.4, 0.5) is 0 Å². The lowest BCUT2D eigenvalue weighted by Crippen LogP contribution is -2.40. The zero-order chi connectivity index (χ0) is 32.5. The average molecular weight is 627 g/mol. The van der Waals surface area contributed by atoms with Gasteiger partial charge >= 0.3 is 5.97 Å². The predicted molar refractivity (Wildman–Crippen MR) is 175 cm³/mol. The highest BCUT2D eigenvalue weighted by Gasteiger charge is 2.42. The Balaban J connectivity index is 1.56. The van der Waals surface area contributed by atoms with Gasteiger partial charge in [-0.25, -0.2) is 0 Å². The average Bonchev–Trinajstić information content (AvgIpc) is 3.04. The number of ketones is 1. The fraction of sp³-hybridized carbons (Fsp3) is 0.622. The van der Waals surface area contributed by atoms with E-state index in [1.165, 1.54) is 11.1 Å². The molecule has 1 aliphatic heterocycles. The Bertz CT molecular complexity index is 1150. The maximum Gasteiger partial charge on any atom is 0.316 e. The van der Waals surface area contributed by atoms with E-state index in [0.29, 0.717) is 26.1 Å². The van der Waals surface area contributed by atoms with Crippen molar-refractivity contribution in [2.24, 2.45) is 5.92 Å². The molecule has 1 aliphatic rings. The number of rotatable bonds is 22. The van der Waals surface area contributed by atoms with Gasteiger partial charge in [0.15, 0.2) is 13.6 Å². The standard InChI is InChI=1S/C37H54O8/c1-6-15-34(38)32(36(39)42-7-2)16-13-11-9-8-10-12-14-17-33-31-23-22-30(45-27-41-5)24-35(31)43-25-37(33,3)28-18-20-29(21-19-28)44-26-40-4/h18-24,32-33H,6-17,25-27H2,1-5H3/t32?,33-,37-/m1/s1. The van der Waals surface area contributed by atoms with Crippen molar-refractivity contribution in [3.63, 3.8) is 0 Å². The van der Waals surface area contributed by atoms with E-state index >= 15 is 0 Å². The van der Waals surface area contributed by atoms with E-state index in [2.05, 4.69) is 25.1 Å². The second-order valence-electron chi connectivity index (χ2n) is 12.2. The Kier molecular flexibility index (Phi) is 15.7. The lowest BCUT2D eigenvalue weighted by Gasteiger charge is -2.43. The molecule has 250 valence electrons. The minimum Gasteiger partial charge on any atom is -0.492 e. The van der Waals surface area contributed by atoms with Gasteiger partial charge in [-0.15, -0.1) is 0 Å². The number of carbonyl (C=O) groups is 2. The maximum absolute atomic E-state index is 12.4. The van der Waals surface area contributed by atoms with Gasteiger partial charge in [0.1, 0.15) is 28.9 Å². The van der Waals surface area contributed by atoms with Gasteiger partial charge in [-0.1, -0.05) is 77.0 Å². The number of hydrogen-bond donors (Lipinski definition) is 0. The summed E-state index contributed by atoms with van der Waals surface area (Å²) in [6, 6.07) is 14.4. The molecule has 0 N–H and O–H groups in total. The number of ether oxygens (including phenoxy) is 6. The van der Waals surface area contributed by atoms with E-state index in [-0.39, 0.29) is 36.7 Å². The van der Waals surface area contributed by atoms with Crippen molar-refractivity contribution in [2.75, 3.05) is 41.0 Å². The number of carbonyl (C=O) groups excluding carboxylic acids is 2. The van der Waals surface area contributed by atoms with E-state index in [9.17, 15) is 9.59 Å². The second kappa shape index (κ2) is 19.4. The highest BCUT2D eigenvalue weighted by molar-refractivity contribution is 5.98. The van der Waals surface area contributed by atoms with Crippen molar-refractivity contribution in [3.8, 4) is 17.2 Å². The first-order chi connectivity index (χ1) is 21.9. The fourth-order valence-electron chi connectivity index (χ4n) is 6.29. The van der Waals surface area contributed by atoms with Gasteiger partial charge in [-0.05, 0) is 55.5 Å². The summed E-state index contributed by atoms with van der Waals surface area (Å²) >= 11 is 0. The smallest absolute Gasteiger partial charge is 0.316 e. The molecule has 0 aliphatic carbocycles. The number of benzene rings is 2. The number of methoxy groups -OCH3 is 2. The Hall–Kier alpha value is -3.10. The molecule has 8 nitrogen and oxygen atoms in total. The van der Waals surface area contributed by atoms with Crippen LogP contribution in [0.15, 0.2) is 42.5 Å². The molecule has 0 amide bonds. The Morgan fingerprint density at radius 1 is 0.867 bits per heavy atom. The lowest BCUT2D eigenvalue weighted by molar-refractivity contribution is -0.152. The first kappa shape index (κ1) is 36.4. The predicted octanol–water partition coefficient (Wildman–Crippen LogP) is 8.15. The summed E-state index contributed by atoms with van der Waals surface area (Å²) in [5, 5.41) is 0. The van der Waals surface area contributed by atoms with Gasteiger partial charge in [0, 0.05) is 38.0 Å². The number of unbranched alkanes of at least 4 members (excludes halogenated alkanes) is 6. The number of esters is 1. The first-order valence-corrected chi connectivity index (χ1v) is 16.7. The summed E-state index contributed by atoms with van der Waals surface area (Å²) in [6.45, 7) is 7.35. The molecule has 1 unspecified atom stereocenters. The summed E-state index contributed by atoms with van der Waals surface area (Å²) in [5.74, 6) is 1.74. The molecule has 2 aromatic rings. The normalized spacial score (nSPS) is 18.0. The van der Waals surface area contributed by atoms with E-state index in [1.807, 2.05) is 31.2 Å². The van der Waals surface area contributed by atoms with Crippen LogP contribution in [0.3, 0.4) is 0 Å². The van der Waals surface area contributed by atoms with E-state index in [0.717, 1.165) is 75.0 Å². The molecule has 0 aromatic heterocycles. The number of hydrogen-bond acceptors (Lipinski definition) is 8. The highest BCUT2D eigenvalue weighted by Crippen LogP contribution is 2.50. The molecular formula is C37H54O8. The van der Waals surface area contributed by atoms with Gasteiger partial charge in [0.05, 0.1) is 13.2 Å². The summed E-state index contributed by atoms with van der Waals surface area (Å²) < 4.78 is 33.0. The third-order valence-corrected chi connectivity index (χ3v) is 8.80. The zero-order valence-electron chi connectivity index (χ0n) is 28.1. The fourth-order valence-corrected chi connectivity index (χ4v) is 6.29. The monoisotopic (exact) mass is 626 g/mol. The molecule has 3 rings (SSSR count). The van der Waals surface area contributed by atoms with Crippen LogP contribution in [-0.2, 0) is 29.2 Å². The van der Waals surface area contributed by atoms with Crippen LogP contribution < -0.4 is 14.2 Å². The molecule has 0 saturated carbocycles. The van der Waals surface area contributed by atoms with Gasteiger partial charge in [-0.2, -0.15) is 0 Å². The molecule has 0 spiro atoms. The molecule has 8 heteroatoms. The quantitative estimate of drug-likeness (QED) is 0.0560. The zero-order valence-corrected chi connectivity index (χ0v) is 28.1. The third kappa shape index (κ3) is 10.7. The largest absolute Gasteiger partial charge is 0.492 e. The molecule has 0 saturated heterocycles. The van der Waals surface area contributed by atoms with Crippen LogP contribution in [0.1, 0.15) is 108 Å². The molecule has 45 heavy (non-hydrogen) atoms. The van der Waals surface area contributed by atoms with Crippen molar-refractivity contribution >= 4 is 11.8 Å². The van der Waals surface area contributed by atoms with Crippen molar-refractivity contribution < 1.29 is 38.0 Å². The molecule has 0 fully saturated rings.